The lowest BCUT2D eigenvalue weighted by atomic mass is 10.3. The summed E-state index contributed by atoms with van der Waals surface area (Å²) < 4.78 is 2.05. The molecule has 3 aromatic heterocycles. The number of aryl methyl sites for hydroxylation is 1. The number of hydrogen-bond acceptors (Lipinski definition) is 3. The molecule has 0 aromatic carbocycles. The monoisotopic (exact) mass is 184 g/mol. The maximum Gasteiger partial charge on any atom is 0.118 e. The first kappa shape index (κ1) is 7.44. The summed E-state index contributed by atoms with van der Waals surface area (Å²) in [4.78, 5) is 12.6. The summed E-state index contributed by atoms with van der Waals surface area (Å²) in [6.45, 7) is 0. The summed E-state index contributed by atoms with van der Waals surface area (Å²) in [6.07, 6.45) is 5.14. The van der Waals surface area contributed by atoms with Gasteiger partial charge < -0.3 is 4.57 Å². The van der Waals surface area contributed by atoms with Crippen molar-refractivity contribution in [1.29, 1.82) is 0 Å². The van der Waals surface area contributed by atoms with Crippen LogP contribution in [0.1, 0.15) is 0 Å². The molecule has 0 saturated carbocycles. The van der Waals surface area contributed by atoms with Crippen LogP contribution in [0, 0.1) is 0 Å². The summed E-state index contributed by atoms with van der Waals surface area (Å²) in [5.74, 6) is 0. The topological polar surface area (TPSA) is 43.6 Å². The van der Waals surface area contributed by atoms with Crippen molar-refractivity contribution in [2.24, 2.45) is 7.05 Å². The highest BCUT2D eigenvalue weighted by atomic mass is 15.0. The van der Waals surface area contributed by atoms with E-state index in [2.05, 4.69) is 19.5 Å². The second kappa shape index (κ2) is 2.51. The highest BCUT2D eigenvalue weighted by molar-refractivity contribution is 6.02. The lowest BCUT2D eigenvalue weighted by Crippen LogP contribution is -1.87. The molecular formula is C10H8N4. The molecule has 3 aromatic rings. The van der Waals surface area contributed by atoms with Gasteiger partial charge in [0.25, 0.3) is 0 Å². The minimum atomic E-state index is 0.915. The third-order valence-corrected chi connectivity index (χ3v) is 2.43. The molecule has 0 atom stereocenters. The van der Waals surface area contributed by atoms with E-state index in [0.717, 1.165) is 22.1 Å². The van der Waals surface area contributed by atoms with Gasteiger partial charge in [-0.25, -0.2) is 9.97 Å². The minimum absolute atomic E-state index is 0.915. The van der Waals surface area contributed by atoms with Crippen molar-refractivity contribution in [3.63, 3.8) is 0 Å². The number of fused-ring (bicyclic) bond motifs is 3. The van der Waals surface area contributed by atoms with Crippen molar-refractivity contribution < 1.29 is 0 Å². The van der Waals surface area contributed by atoms with Gasteiger partial charge >= 0.3 is 0 Å². The second-order valence-electron chi connectivity index (χ2n) is 3.19. The van der Waals surface area contributed by atoms with E-state index in [1.807, 2.05) is 25.4 Å². The molecule has 0 spiro atoms. The van der Waals surface area contributed by atoms with Crippen LogP contribution in [0.5, 0.6) is 0 Å². The molecule has 0 saturated heterocycles. The van der Waals surface area contributed by atoms with E-state index in [9.17, 15) is 0 Å². The first-order valence-corrected chi connectivity index (χ1v) is 4.37. The van der Waals surface area contributed by atoms with Gasteiger partial charge in [-0.05, 0) is 12.1 Å². The molecule has 3 heterocycles. The average molecular weight is 184 g/mol. The molecule has 68 valence electrons. The summed E-state index contributed by atoms with van der Waals surface area (Å²) in [5.41, 5.74) is 3.95. The molecule has 0 aliphatic rings. The van der Waals surface area contributed by atoms with E-state index in [4.69, 9.17) is 0 Å². The van der Waals surface area contributed by atoms with E-state index in [1.54, 1.807) is 12.5 Å². The van der Waals surface area contributed by atoms with Crippen molar-refractivity contribution >= 4 is 22.1 Å². The average Bonchev–Trinajstić information content (AvgIpc) is 2.55. The summed E-state index contributed by atoms with van der Waals surface area (Å²) in [5, 5.41) is 0. The Morgan fingerprint density at radius 2 is 2.00 bits per heavy atom. The zero-order valence-electron chi connectivity index (χ0n) is 7.68. The molecule has 0 N–H and O–H groups in total. The van der Waals surface area contributed by atoms with Gasteiger partial charge in [-0.15, -0.1) is 0 Å². The Morgan fingerprint density at radius 1 is 1.14 bits per heavy atom. The Kier molecular flexibility index (Phi) is 1.33. The zero-order valence-corrected chi connectivity index (χ0v) is 7.68. The lowest BCUT2D eigenvalue weighted by Gasteiger charge is -1.94. The highest BCUT2D eigenvalue weighted by Crippen LogP contribution is 2.22. The van der Waals surface area contributed by atoms with Crippen LogP contribution >= 0.6 is 0 Å². The predicted molar refractivity (Wildman–Crippen MR) is 53.8 cm³/mol. The molecule has 3 rings (SSSR count). The molecular weight excluding hydrogens is 176 g/mol. The Hall–Kier alpha value is -1.97. The number of hydrogen-bond donors (Lipinski definition) is 0. The van der Waals surface area contributed by atoms with Crippen LogP contribution in [0.4, 0.5) is 0 Å². The van der Waals surface area contributed by atoms with Crippen LogP contribution in [0.2, 0.25) is 0 Å². The summed E-state index contributed by atoms with van der Waals surface area (Å²) >= 11 is 0. The fourth-order valence-electron chi connectivity index (χ4n) is 1.73. The summed E-state index contributed by atoms with van der Waals surface area (Å²) in [7, 11) is 2.00. The Morgan fingerprint density at radius 3 is 2.93 bits per heavy atom. The van der Waals surface area contributed by atoms with Crippen molar-refractivity contribution in [3.05, 3.63) is 30.9 Å². The van der Waals surface area contributed by atoms with E-state index in [1.165, 1.54) is 0 Å². The predicted octanol–water partition coefficient (Wildman–Crippen LogP) is 1.52. The third-order valence-electron chi connectivity index (χ3n) is 2.43. The largest absolute Gasteiger partial charge is 0.340 e. The minimum Gasteiger partial charge on any atom is -0.340 e. The molecule has 4 nitrogen and oxygen atoms in total. The fourth-order valence-corrected chi connectivity index (χ4v) is 1.73. The normalized spacial score (nSPS) is 11.2. The van der Waals surface area contributed by atoms with Gasteiger partial charge in [-0.3, -0.25) is 4.98 Å². The molecule has 0 unspecified atom stereocenters. The molecule has 14 heavy (non-hydrogen) atoms. The number of nitrogens with zero attached hydrogens (tertiary/aromatic N) is 4. The van der Waals surface area contributed by atoms with Gasteiger partial charge in [0.05, 0.1) is 17.2 Å². The van der Waals surface area contributed by atoms with Crippen LogP contribution in [0.15, 0.2) is 30.9 Å². The zero-order chi connectivity index (χ0) is 9.54. The SMILES string of the molecule is Cn1c2cccnc2c2ncncc21. The number of pyridine rings is 1. The smallest absolute Gasteiger partial charge is 0.118 e. The van der Waals surface area contributed by atoms with Gasteiger partial charge in [0.1, 0.15) is 17.4 Å². The van der Waals surface area contributed by atoms with Gasteiger partial charge in [0, 0.05) is 13.2 Å². The molecule has 0 aliphatic carbocycles. The highest BCUT2D eigenvalue weighted by Gasteiger charge is 2.08. The van der Waals surface area contributed by atoms with Crippen LogP contribution in [-0.2, 0) is 7.05 Å². The fraction of sp³-hybridized carbons (Fsp3) is 0.100. The number of rotatable bonds is 0. The molecule has 0 aliphatic heterocycles. The summed E-state index contributed by atoms with van der Waals surface area (Å²) in [6, 6.07) is 3.96. The van der Waals surface area contributed by atoms with Crippen molar-refractivity contribution in [1.82, 2.24) is 19.5 Å². The maximum atomic E-state index is 4.32. The van der Waals surface area contributed by atoms with Crippen LogP contribution < -0.4 is 0 Å². The van der Waals surface area contributed by atoms with Gasteiger partial charge in [-0.1, -0.05) is 0 Å². The van der Waals surface area contributed by atoms with Crippen LogP contribution in [0.25, 0.3) is 22.1 Å². The van der Waals surface area contributed by atoms with Crippen LogP contribution in [-0.4, -0.2) is 19.5 Å². The van der Waals surface area contributed by atoms with E-state index in [-0.39, 0.29) is 0 Å². The van der Waals surface area contributed by atoms with Crippen molar-refractivity contribution in [3.8, 4) is 0 Å². The van der Waals surface area contributed by atoms with Gasteiger partial charge in [0.15, 0.2) is 0 Å². The Balaban J connectivity index is 2.69. The Bertz CT molecular complexity index is 558. The lowest BCUT2D eigenvalue weighted by molar-refractivity contribution is 1.00. The molecule has 0 amide bonds. The van der Waals surface area contributed by atoms with Crippen molar-refractivity contribution in [2.75, 3.05) is 0 Å². The first-order valence-electron chi connectivity index (χ1n) is 4.37. The second-order valence-corrected chi connectivity index (χ2v) is 3.19. The number of aromatic nitrogens is 4. The van der Waals surface area contributed by atoms with Crippen molar-refractivity contribution in [2.45, 2.75) is 0 Å². The third kappa shape index (κ3) is 0.797. The van der Waals surface area contributed by atoms with E-state index >= 15 is 0 Å². The quantitative estimate of drug-likeness (QED) is 0.532. The van der Waals surface area contributed by atoms with E-state index < -0.39 is 0 Å². The molecule has 0 radical (unpaired) electrons. The first-order chi connectivity index (χ1) is 6.88. The van der Waals surface area contributed by atoms with Gasteiger partial charge in [0.2, 0.25) is 0 Å². The molecule has 0 fully saturated rings. The van der Waals surface area contributed by atoms with Crippen LogP contribution in [0.3, 0.4) is 0 Å². The molecule has 0 bridgehead atoms. The standard InChI is InChI=1S/C10H8N4/c1-14-7-3-2-4-12-9(7)10-8(14)5-11-6-13-10/h2-6H,1H3. The van der Waals surface area contributed by atoms with E-state index in [0.29, 0.717) is 0 Å². The van der Waals surface area contributed by atoms with Gasteiger partial charge in [-0.2, -0.15) is 0 Å². The molecule has 4 heteroatoms. The Labute approximate surface area is 80.2 Å². The maximum absolute atomic E-state index is 4.32.